The van der Waals surface area contributed by atoms with E-state index in [1.165, 1.54) is 25.9 Å². The Morgan fingerprint density at radius 3 is 1.94 bits per heavy atom. The van der Waals surface area contributed by atoms with E-state index < -0.39 is 15.9 Å². The zero-order chi connectivity index (χ0) is 13.9. The first kappa shape index (κ1) is 17.1. The van der Waals surface area contributed by atoms with Gasteiger partial charge in [0.25, 0.3) is 0 Å². The second-order valence-corrected chi connectivity index (χ2v) is 5.46. The lowest BCUT2D eigenvalue weighted by Crippen LogP contribution is -2.84. The van der Waals surface area contributed by atoms with Crippen LogP contribution in [-0.4, -0.2) is 26.1 Å². The Morgan fingerprint density at radius 1 is 1.06 bits per heavy atom. The van der Waals surface area contributed by atoms with Gasteiger partial charge in [0, 0.05) is 0 Å². The normalized spacial score (nSPS) is 10.6. The standard InChI is InChI=1S/C7H8O3S.C6H15N/c8-11(9,10)6-7-4-2-1-3-5-7;1-3-5-7-6-4-2/h1-5H,6H2,(H,8,9,10);7H,3-6H2,1-2H3. The molecule has 0 unspecified atom stereocenters. The minimum atomic E-state index is -4.13. The van der Waals surface area contributed by atoms with Crippen LogP contribution < -0.4 is 5.32 Å². The van der Waals surface area contributed by atoms with E-state index in [1.54, 1.807) is 30.3 Å². The molecule has 0 bridgehead atoms. The first-order valence-corrected chi connectivity index (χ1v) is 7.86. The summed E-state index contributed by atoms with van der Waals surface area (Å²) in [6.07, 6.45) is 2.61. The molecule has 0 radical (unpaired) electrons. The third-order valence-corrected chi connectivity index (χ3v) is 2.86. The summed E-state index contributed by atoms with van der Waals surface area (Å²) in [5.41, 5.74) is 0.530. The molecule has 2 N–H and O–H groups in total. The van der Waals surface area contributed by atoms with Crippen LogP contribution in [-0.2, 0) is 15.9 Å². The molecule has 0 fully saturated rings. The van der Waals surface area contributed by atoms with Crippen LogP contribution in [0.5, 0.6) is 0 Å². The minimum Gasteiger partial charge on any atom is -0.748 e. The molecule has 18 heavy (non-hydrogen) atoms. The van der Waals surface area contributed by atoms with E-state index in [0.717, 1.165) is 0 Å². The van der Waals surface area contributed by atoms with Gasteiger partial charge < -0.3 is 9.87 Å². The molecule has 1 aromatic rings. The van der Waals surface area contributed by atoms with Gasteiger partial charge in [-0.1, -0.05) is 44.2 Å². The highest BCUT2D eigenvalue weighted by molar-refractivity contribution is 7.84. The fourth-order valence-electron chi connectivity index (χ4n) is 1.33. The smallest absolute Gasteiger partial charge is 0.0988 e. The van der Waals surface area contributed by atoms with Crippen molar-refractivity contribution in [2.45, 2.75) is 32.4 Å². The van der Waals surface area contributed by atoms with E-state index in [2.05, 4.69) is 19.2 Å². The van der Waals surface area contributed by atoms with Gasteiger partial charge in [-0.05, 0) is 18.4 Å². The Bertz CT molecular complexity index is 386. The molecule has 0 aliphatic rings. The van der Waals surface area contributed by atoms with Gasteiger partial charge >= 0.3 is 0 Å². The number of hydrogen-bond donors (Lipinski definition) is 1. The molecule has 0 spiro atoms. The molecule has 0 saturated heterocycles. The SMILES string of the molecule is CCC[NH2+]CCC.O=S(=O)([O-])Cc1ccccc1. The van der Waals surface area contributed by atoms with Crippen molar-refractivity contribution in [1.29, 1.82) is 0 Å². The maximum Gasteiger partial charge on any atom is 0.0988 e. The molecule has 104 valence electrons. The van der Waals surface area contributed by atoms with Crippen LogP contribution in [0.2, 0.25) is 0 Å². The Labute approximate surface area is 110 Å². The van der Waals surface area contributed by atoms with Gasteiger partial charge in [-0.2, -0.15) is 0 Å². The predicted octanol–water partition coefficient (Wildman–Crippen LogP) is 1.10. The molecule has 1 aromatic carbocycles. The summed E-state index contributed by atoms with van der Waals surface area (Å²) in [5.74, 6) is -0.423. The number of nitrogens with two attached hydrogens (primary N) is 1. The van der Waals surface area contributed by atoms with Crippen molar-refractivity contribution in [3.63, 3.8) is 0 Å². The zero-order valence-electron chi connectivity index (χ0n) is 11.1. The second-order valence-electron chi connectivity index (χ2n) is 4.05. The Balaban J connectivity index is 0.000000360. The molecule has 4 nitrogen and oxygen atoms in total. The van der Waals surface area contributed by atoms with Crippen LogP contribution in [0.25, 0.3) is 0 Å². The lowest BCUT2D eigenvalue weighted by atomic mass is 10.2. The molecule has 5 heteroatoms. The molecule has 0 aromatic heterocycles. The van der Waals surface area contributed by atoms with Gasteiger partial charge in [0.2, 0.25) is 0 Å². The summed E-state index contributed by atoms with van der Waals surface area (Å²) in [7, 11) is -4.13. The van der Waals surface area contributed by atoms with E-state index >= 15 is 0 Å². The van der Waals surface area contributed by atoms with Gasteiger partial charge in [-0.25, -0.2) is 8.42 Å². The molecular weight excluding hydrogens is 250 g/mol. The molecular formula is C13H23NO3S. The van der Waals surface area contributed by atoms with Crippen LogP contribution in [0.15, 0.2) is 30.3 Å². The maximum absolute atomic E-state index is 10.2. The monoisotopic (exact) mass is 273 g/mol. The summed E-state index contributed by atoms with van der Waals surface area (Å²) < 4.78 is 30.7. The van der Waals surface area contributed by atoms with Gasteiger partial charge in [-0.15, -0.1) is 0 Å². The van der Waals surface area contributed by atoms with Crippen LogP contribution in [0, 0.1) is 0 Å². The highest BCUT2D eigenvalue weighted by atomic mass is 32.2. The van der Waals surface area contributed by atoms with Crippen LogP contribution in [0.1, 0.15) is 32.3 Å². The fraction of sp³-hybridized carbons (Fsp3) is 0.538. The lowest BCUT2D eigenvalue weighted by molar-refractivity contribution is -0.654. The van der Waals surface area contributed by atoms with Gasteiger partial charge in [0.1, 0.15) is 0 Å². The van der Waals surface area contributed by atoms with E-state index in [0.29, 0.717) is 5.56 Å². The average Bonchev–Trinajstić information content (AvgIpc) is 2.30. The number of rotatable bonds is 6. The Morgan fingerprint density at radius 2 is 1.56 bits per heavy atom. The molecule has 0 heterocycles. The summed E-state index contributed by atoms with van der Waals surface area (Å²) >= 11 is 0. The highest BCUT2D eigenvalue weighted by Crippen LogP contribution is 2.02. The maximum atomic E-state index is 10.2. The first-order valence-electron chi connectivity index (χ1n) is 6.28. The van der Waals surface area contributed by atoms with Crippen LogP contribution >= 0.6 is 0 Å². The summed E-state index contributed by atoms with van der Waals surface area (Å²) in [6, 6.07) is 8.37. The van der Waals surface area contributed by atoms with E-state index in [9.17, 15) is 13.0 Å². The van der Waals surface area contributed by atoms with Crippen molar-refractivity contribution in [2.24, 2.45) is 0 Å². The molecule has 0 amide bonds. The number of hydrogen-bond acceptors (Lipinski definition) is 3. The van der Waals surface area contributed by atoms with E-state index in [-0.39, 0.29) is 0 Å². The topological polar surface area (TPSA) is 73.8 Å². The first-order chi connectivity index (χ1) is 8.49. The van der Waals surface area contributed by atoms with Crippen LogP contribution in [0.4, 0.5) is 0 Å². The average molecular weight is 273 g/mol. The minimum absolute atomic E-state index is 0.423. The third-order valence-electron chi connectivity index (χ3n) is 2.17. The zero-order valence-corrected chi connectivity index (χ0v) is 11.9. The third kappa shape index (κ3) is 11.6. The quantitative estimate of drug-likeness (QED) is 0.623. The van der Waals surface area contributed by atoms with Crippen molar-refractivity contribution >= 4 is 10.1 Å². The lowest BCUT2D eigenvalue weighted by Gasteiger charge is -2.05. The Hall–Kier alpha value is -0.910. The second kappa shape index (κ2) is 10.1. The van der Waals surface area contributed by atoms with E-state index in [1.807, 2.05) is 0 Å². The van der Waals surface area contributed by atoms with Crippen molar-refractivity contribution < 1.29 is 18.3 Å². The van der Waals surface area contributed by atoms with Gasteiger partial charge in [0.05, 0.1) is 29.0 Å². The van der Waals surface area contributed by atoms with Gasteiger partial charge in [0.15, 0.2) is 0 Å². The van der Waals surface area contributed by atoms with Crippen molar-refractivity contribution in [2.75, 3.05) is 13.1 Å². The number of quaternary nitrogens is 1. The van der Waals surface area contributed by atoms with Gasteiger partial charge in [-0.3, -0.25) is 0 Å². The molecule has 0 saturated carbocycles. The number of benzene rings is 1. The summed E-state index contributed by atoms with van der Waals surface area (Å²) in [6.45, 7) is 7.03. The summed E-state index contributed by atoms with van der Waals surface area (Å²) in [5, 5.41) is 2.36. The largest absolute Gasteiger partial charge is 0.748 e. The molecule has 0 aliphatic heterocycles. The van der Waals surface area contributed by atoms with Crippen molar-refractivity contribution in [1.82, 2.24) is 0 Å². The molecule has 1 rings (SSSR count). The van der Waals surface area contributed by atoms with Crippen molar-refractivity contribution in [3.8, 4) is 0 Å². The molecule has 0 aliphatic carbocycles. The van der Waals surface area contributed by atoms with Crippen molar-refractivity contribution in [3.05, 3.63) is 35.9 Å². The fourth-order valence-corrected chi connectivity index (χ4v) is 1.93. The predicted molar refractivity (Wildman–Crippen MR) is 72.1 cm³/mol. The summed E-state index contributed by atoms with van der Waals surface area (Å²) in [4.78, 5) is 0. The van der Waals surface area contributed by atoms with E-state index in [4.69, 9.17) is 0 Å². The highest BCUT2D eigenvalue weighted by Gasteiger charge is 1.95. The molecule has 0 atom stereocenters. The van der Waals surface area contributed by atoms with Crippen LogP contribution in [0.3, 0.4) is 0 Å². The Kier molecular flexibility index (Phi) is 9.55.